The molecule has 15 aromatic rings. The van der Waals surface area contributed by atoms with Gasteiger partial charge < -0.3 is 83.4 Å². The number of allylic oxidation sites excluding steroid dienone is 4. The molecule has 0 saturated carbocycles. The van der Waals surface area contributed by atoms with Crippen LogP contribution < -0.4 is 33.2 Å². The number of hydrogen-bond acceptors (Lipinski definition) is 20. The van der Waals surface area contributed by atoms with Crippen LogP contribution >= 0.6 is 0 Å². The molecule has 146 heavy (non-hydrogen) atoms. The number of pyridine rings is 8. The third-order valence-electron chi connectivity index (χ3n) is 16.7. The SMILES string of the molecule is CC(=O)C=C(C)O.COc1ccnc(-c2[c-]cc(F)cc2F)c1.COc1ccnc(-c2[c-]cc(F)cc2F)c1.COc1ccnc(-c2[c-]cc(F)cc2F)c1.COc1ccnc(-c2[c-]cc(F)cc2F)c1.COc1ccnc(-c2[c-]cc(F)cc2F)c1.COc1ccnc(-c2[c-]cc(F)cc2F)c1.COc1ccnc(-c2[c-]cc(F)cc2F)c1.O=C(C=C(O)C(F)(F)F)C(F)(F)F.O=C(O)c1ccccn1.[Pt+2].[Pt+2].[Pt].[Pt].[Pt]. The van der Waals surface area contributed by atoms with E-state index in [2.05, 4.69) is 82.3 Å². The third kappa shape index (κ3) is 44.5. The number of aromatic nitrogens is 8. The Labute approximate surface area is 892 Å². The molecule has 0 fully saturated rings. The predicted octanol–water partition coefficient (Wildman–Crippen LogP) is 23.8. The van der Waals surface area contributed by atoms with Crippen molar-refractivity contribution in [3.63, 3.8) is 0 Å². The first-order valence-electron chi connectivity index (χ1n) is 39.1. The van der Waals surface area contributed by atoms with Crippen LogP contribution in [0.1, 0.15) is 24.3 Å². The Bertz CT molecular complexity index is 5830. The molecule has 46 heteroatoms. The molecule has 15 rings (SSSR count). The van der Waals surface area contributed by atoms with E-state index in [-0.39, 0.29) is 162 Å². The summed E-state index contributed by atoms with van der Waals surface area (Å²) in [5.41, 5.74) is 3.47. The van der Waals surface area contributed by atoms with Gasteiger partial charge in [0.05, 0.1) is 55.5 Å². The van der Waals surface area contributed by atoms with Gasteiger partial charge in [-0.2, -0.15) is 26.3 Å². The van der Waals surface area contributed by atoms with Crippen molar-refractivity contribution >= 4 is 17.5 Å². The number of ketones is 2. The van der Waals surface area contributed by atoms with Crippen molar-refractivity contribution in [3.8, 4) is 119 Å². The number of carbonyl (C=O) groups excluding carboxylic acids is 2. The Kier molecular flexibility index (Phi) is 58.5. The number of rotatable bonds is 17. The average Bonchev–Trinajstić information content (AvgIpc) is 0.869. The molecule has 0 aliphatic rings. The van der Waals surface area contributed by atoms with Crippen molar-refractivity contribution < 1.29 is 256 Å². The molecule has 0 bridgehead atoms. The van der Waals surface area contributed by atoms with E-state index in [1.165, 1.54) is 125 Å². The molecule has 8 heterocycles. The summed E-state index contributed by atoms with van der Waals surface area (Å²) in [6.45, 7) is 2.85. The maximum absolute atomic E-state index is 13.4. The maximum atomic E-state index is 13.4. The number of aromatic carboxylic acids is 1. The average molecular weight is 2950 g/mol. The number of carboxylic acid groups (broad SMARTS) is 1. The molecule has 0 aliphatic carbocycles. The molecule has 0 spiro atoms. The number of carboxylic acids is 1. The molecular weight excluding hydrogens is 2880 g/mol. The van der Waals surface area contributed by atoms with Crippen LogP contribution in [0.3, 0.4) is 0 Å². The van der Waals surface area contributed by atoms with Gasteiger partial charge in [0.1, 0.15) is 45.9 Å². The quantitative estimate of drug-likeness (QED) is 0.0330. The Hall–Kier alpha value is -13.7. The summed E-state index contributed by atoms with van der Waals surface area (Å²) in [5.74, 6) is -12.0. The number of halogens is 20. The van der Waals surface area contributed by atoms with Gasteiger partial charge in [0, 0.05) is 206 Å². The molecule has 0 aliphatic heterocycles. The zero-order chi connectivity index (χ0) is 104. The van der Waals surface area contributed by atoms with Gasteiger partial charge in [-0.05, 0) is 151 Å². The van der Waals surface area contributed by atoms with Crippen LogP contribution in [0.5, 0.6) is 40.2 Å². The smallest absolute Gasteiger partial charge is 0.512 e. The number of carbonyl (C=O) groups is 3. The molecule has 8 aromatic heterocycles. The monoisotopic (exact) mass is 2950 g/mol. The normalized spacial score (nSPS) is 10.2. The minimum Gasteiger partial charge on any atom is -0.512 e. The minimum absolute atomic E-state index is 0. The van der Waals surface area contributed by atoms with E-state index in [4.69, 9.17) is 48.5 Å². The van der Waals surface area contributed by atoms with Crippen LogP contribution in [0.25, 0.3) is 78.8 Å². The molecule has 7 aromatic carbocycles. The first-order chi connectivity index (χ1) is 66.9. The van der Waals surface area contributed by atoms with Crippen molar-refractivity contribution in [1.29, 1.82) is 0 Å². The second kappa shape index (κ2) is 65.6. The maximum Gasteiger partial charge on any atom is 2.00 e. The Morgan fingerprint density at radius 2 is 0.473 bits per heavy atom. The van der Waals surface area contributed by atoms with E-state index in [0.29, 0.717) is 80.1 Å². The summed E-state index contributed by atoms with van der Waals surface area (Å²) in [5, 5.41) is 24.6. The van der Waals surface area contributed by atoms with E-state index in [1.54, 1.807) is 97.1 Å². The van der Waals surface area contributed by atoms with Crippen molar-refractivity contribution in [2.24, 2.45) is 0 Å². The van der Waals surface area contributed by atoms with Gasteiger partial charge in [0.15, 0.2) is 5.78 Å². The van der Waals surface area contributed by atoms with E-state index < -0.39 is 117 Å². The zero-order valence-corrected chi connectivity index (χ0v) is 87.2. The second-order valence-electron chi connectivity index (χ2n) is 26.7. The zero-order valence-electron chi connectivity index (χ0n) is 75.8. The number of hydrogen-bond donors (Lipinski definition) is 3. The summed E-state index contributed by atoms with van der Waals surface area (Å²) < 4.78 is 286. The minimum atomic E-state index is -5.42. The van der Waals surface area contributed by atoms with Crippen LogP contribution in [0.15, 0.2) is 261 Å². The number of nitrogens with zero attached hydrogens (tertiary/aromatic N) is 8. The predicted molar refractivity (Wildman–Crippen MR) is 471 cm³/mol. The largest absolute Gasteiger partial charge is 2.00 e. The first kappa shape index (κ1) is 130. The van der Waals surface area contributed by atoms with Crippen molar-refractivity contribution in [2.45, 2.75) is 26.2 Å². The van der Waals surface area contributed by atoms with Gasteiger partial charge in [-0.3, -0.25) is 71.1 Å². The molecular formula is C100H71F20N8O13Pt5-3. The standard InChI is InChI=1S/7C12H8F2NO.C6H5NO2.C5H2F6O2.C5H8O2.5Pt/c7*1-16-9-4-5-15-12(7-9)10-3-2-8(13)6-11(10)14;8-6(9)5-3-1-2-4-7-5;6-4(7,8)2(12)1-3(13)5(9,10)11;1-4(6)3-5(2)7;;;;;/h7*2,4-7H,1H3;1-4H,(H,8,9);1,12H;3,6H,1-2H3;;;;;/q7*-1;;;;;;;2*+2. The van der Waals surface area contributed by atoms with Crippen LogP contribution in [-0.4, -0.2) is 135 Å². The van der Waals surface area contributed by atoms with E-state index >= 15 is 0 Å². The van der Waals surface area contributed by atoms with E-state index in [0.717, 1.165) is 84.9 Å². The molecule has 0 unspecified atom stereocenters. The molecule has 0 saturated heterocycles. The summed E-state index contributed by atoms with van der Waals surface area (Å²) in [6, 6.07) is 57.8. The van der Waals surface area contributed by atoms with Gasteiger partial charge in [0.25, 0.3) is 5.78 Å². The van der Waals surface area contributed by atoms with Gasteiger partial charge in [-0.1, -0.05) is 87.5 Å². The van der Waals surface area contributed by atoms with Crippen LogP contribution in [0.2, 0.25) is 0 Å². The number of alkyl halides is 6. The molecule has 0 amide bonds. The summed E-state index contributed by atoms with van der Waals surface area (Å²) in [4.78, 5) is 61.4. The Balaban J connectivity index is 0.000000814. The van der Waals surface area contributed by atoms with Gasteiger partial charge in [-0.25, -0.2) is 9.78 Å². The molecule has 0 atom stereocenters. The van der Waals surface area contributed by atoms with Crippen molar-refractivity contribution in [2.75, 3.05) is 49.8 Å². The first-order valence-corrected chi connectivity index (χ1v) is 39.1. The number of aliphatic hydroxyl groups excluding tert-OH is 2. The Morgan fingerprint density at radius 1 is 0.281 bits per heavy atom. The molecule has 782 valence electrons. The second-order valence-corrected chi connectivity index (χ2v) is 26.7. The molecule has 3 N–H and O–H groups in total. The fourth-order valence-electron chi connectivity index (χ4n) is 10.3. The van der Waals surface area contributed by atoms with Gasteiger partial charge in [-0.15, -0.1) is 84.9 Å². The van der Waals surface area contributed by atoms with E-state index in [1.807, 2.05) is 0 Å². The number of methoxy groups -OCH3 is 7. The van der Waals surface area contributed by atoms with Crippen LogP contribution in [0.4, 0.5) is 87.8 Å². The van der Waals surface area contributed by atoms with Crippen LogP contribution in [-0.2, 0) is 115 Å². The molecule has 21 nitrogen and oxygen atoms in total. The Morgan fingerprint density at radius 3 is 0.589 bits per heavy atom. The summed E-state index contributed by atoms with van der Waals surface area (Å²) >= 11 is 0. The third-order valence-corrected chi connectivity index (χ3v) is 16.7. The van der Waals surface area contributed by atoms with Crippen LogP contribution in [0, 0.1) is 124 Å². The number of benzene rings is 7. The summed E-state index contributed by atoms with van der Waals surface area (Å²) in [7, 11) is 10.5. The summed E-state index contributed by atoms with van der Waals surface area (Å²) in [6.07, 6.45) is 1.37. The fraction of sp³-hybridized carbons (Fsp3) is 0.110. The van der Waals surface area contributed by atoms with Gasteiger partial charge >= 0.3 is 60.5 Å². The fourth-order valence-corrected chi connectivity index (χ4v) is 10.3. The van der Waals surface area contributed by atoms with Gasteiger partial charge in [0.2, 0.25) is 5.76 Å². The van der Waals surface area contributed by atoms with E-state index in [9.17, 15) is 102 Å². The topological polar surface area (TPSA) is 280 Å². The number of ether oxygens (including phenoxy) is 7. The number of aliphatic hydroxyl groups is 2. The van der Waals surface area contributed by atoms with Crippen molar-refractivity contribution in [3.05, 3.63) is 391 Å². The molecule has 0 radical (unpaired) electrons. The van der Waals surface area contributed by atoms with Crippen molar-refractivity contribution in [1.82, 2.24) is 39.9 Å².